The Balaban J connectivity index is 2.32. The molecule has 0 saturated heterocycles. The van der Waals surface area contributed by atoms with E-state index in [1.807, 2.05) is 4.90 Å². The number of anilines is 1. The van der Waals surface area contributed by atoms with Gasteiger partial charge in [0.25, 0.3) is 0 Å². The second kappa shape index (κ2) is 6.66. The van der Waals surface area contributed by atoms with E-state index >= 15 is 0 Å². The van der Waals surface area contributed by atoms with Crippen molar-refractivity contribution in [2.45, 2.75) is 44.4 Å². The van der Waals surface area contributed by atoms with Gasteiger partial charge >= 0.3 is 6.18 Å². The van der Waals surface area contributed by atoms with Gasteiger partial charge < -0.3 is 15.7 Å². The van der Waals surface area contributed by atoms with Gasteiger partial charge in [-0.2, -0.15) is 13.2 Å². The number of halogens is 3. The zero-order chi connectivity index (χ0) is 15.5. The highest BCUT2D eigenvalue weighted by Crippen LogP contribution is 2.35. The molecule has 0 radical (unpaired) electrons. The van der Waals surface area contributed by atoms with Crippen LogP contribution in [-0.2, 0) is 12.7 Å². The number of hydrogen-bond acceptors (Lipinski definition) is 3. The third-order valence-corrected chi connectivity index (χ3v) is 4.05. The van der Waals surface area contributed by atoms with Crippen LogP contribution in [0.3, 0.4) is 0 Å². The summed E-state index contributed by atoms with van der Waals surface area (Å²) in [6, 6.07) is 4.38. The molecule has 0 unspecified atom stereocenters. The van der Waals surface area contributed by atoms with E-state index in [1.54, 1.807) is 0 Å². The lowest BCUT2D eigenvalue weighted by Crippen LogP contribution is -2.35. The molecule has 118 valence electrons. The second-order valence-corrected chi connectivity index (χ2v) is 5.40. The molecule has 1 aromatic rings. The average Bonchev–Trinajstić information content (AvgIpc) is 2.97. The van der Waals surface area contributed by atoms with Crippen LogP contribution in [0.1, 0.15) is 36.8 Å². The molecule has 0 heterocycles. The van der Waals surface area contributed by atoms with Crippen LogP contribution in [0, 0.1) is 0 Å². The lowest BCUT2D eigenvalue weighted by Gasteiger charge is -2.31. The van der Waals surface area contributed by atoms with Crippen LogP contribution in [-0.4, -0.2) is 24.3 Å². The molecular formula is C15H21F3N2O. The molecule has 0 aliphatic heterocycles. The van der Waals surface area contributed by atoms with Crippen molar-refractivity contribution >= 4 is 5.69 Å². The van der Waals surface area contributed by atoms with E-state index in [-0.39, 0.29) is 18.7 Å². The van der Waals surface area contributed by atoms with Gasteiger partial charge in [-0.15, -0.1) is 0 Å². The van der Waals surface area contributed by atoms with Crippen molar-refractivity contribution < 1.29 is 18.3 Å². The van der Waals surface area contributed by atoms with Crippen molar-refractivity contribution in [3.63, 3.8) is 0 Å². The third-order valence-electron chi connectivity index (χ3n) is 4.05. The molecule has 0 amide bonds. The van der Waals surface area contributed by atoms with Crippen LogP contribution in [0.4, 0.5) is 18.9 Å². The number of nitrogens with two attached hydrogens (primary N) is 1. The fourth-order valence-electron chi connectivity index (χ4n) is 3.05. The fourth-order valence-corrected chi connectivity index (χ4v) is 3.05. The zero-order valence-electron chi connectivity index (χ0n) is 11.9. The van der Waals surface area contributed by atoms with Gasteiger partial charge in [0.15, 0.2) is 0 Å². The Morgan fingerprint density at radius 3 is 2.43 bits per heavy atom. The van der Waals surface area contributed by atoms with Crippen LogP contribution in [0.5, 0.6) is 0 Å². The fraction of sp³-hybridized carbons (Fsp3) is 0.600. The van der Waals surface area contributed by atoms with Gasteiger partial charge in [-0.05, 0) is 36.6 Å². The first-order valence-electron chi connectivity index (χ1n) is 7.25. The first kappa shape index (κ1) is 16.1. The van der Waals surface area contributed by atoms with E-state index in [0.29, 0.717) is 18.3 Å². The summed E-state index contributed by atoms with van der Waals surface area (Å²) in [7, 11) is 0. The van der Waals surface area contributed by atoms with E-state index in [0.717, 1.165) is 31.7 Å². The maximum atomic E-state index is 12.9. The molecule has 1 fully saturated rings. The van der Waals surface area contributed by atoms with Crippen molar-refractivity contribution in [1.82, 2.24) is 0 Å². The predicted octanol–water partition coefficient (Wildman–Crippen LogP) is 2.91. The predicted molar refractivity (Wildman–Crippen MR) is 76.0 cm³/mol. The largest absolute Gasteiger partial charge is 0.416 e. The number of aliphatic hydroxyl groups is 1. The molecule has 0 atom stereocenters. The molecule has 1 aliphatic rings. The normalized spacial score (nSPS) is 16.4. The standard InChI is InChI=1S/C15H21F3N2O/c16-15(17,18)14-6-5-13(9-11(14)10-19)20(7-8-21)12-3-1-2-4-12/h5-6,9,12,21H,1-4,7-8,10,19H2. The van der Waals surface area contributed by atoms with Crippen molar-refractivity contribution in [3.05, 3.63) is 29.3 Å². The van der Waals surface area contributed by atoms with E-state index < -0.39 is 11.7 Å². The SMILES string of the molecule is NCc1cc(N(CCO)C2CCCC2)ccc1C(F)(F)F. The summed E-state index contributed by atoms with van der Waals surface area (Å²) in [6.07, 6.45) is -0.117. The van der Waals surface area contributed by atoms with Crippen LogP contribution >= 0.6 is 0 Å². The molecule has 6 heteroatoms. The Morgan fingerprint density at radius 1 is 1.24 bits per heavy atom. The Hall–Kier alpha value is -1.27. The first-order valence-corrected chi connectivity index (χ1v) is 7.25. The molecular weight excluding hydrogens is 281 g/mol. The molecule has 3 N–H and O–H groups in total. The summed E-state index contributed by atoms with van der Waals surface area (Å²) in [6.45, 7) is 0.260. The van der Waals surface area contributed by atoms with Gasteiger partial charge in [-0.3, -0.25) is 0 Å². The van der Waals surface area contributed by atoms with Crippen LogP contribution in [0.25, 0.3) is 0 Å². The molecule has 21 heavy (non-hydrogen) atoms. The minimum atomic E-state index is -4.39. The van der Waals surface area contributed by atoms with Gasteiger partial charge in [-0.25, -0.2) is 0 Å². The number of hydrogen-bond donors (Lipinski definition) is 2. The van der Waals surface area contributed by atoms with Crippen LogP contribution < -0.4 is 10.6 Å². The summed E-state index contributed by atoms with van der Waals surface area (Å²) in [5.41, 5.74) is 5.61. The van der Waals surface area contributed by atoms with E-state index in [2.05, 4.69) is 0 Å². The van der Waals surface area contributed by atoms with Gasteiger partial charge in [0, 0.05) is 24.8 Å². The molecule has 1 aromatic carbocycles. The first-order chi connectivity index (χ1) is 9.97. The van der Waals surface area contributed by atoms with Gasteiger partial charge in [0.05, 0.1) is 12.2 Å². The van der Waals surface area contributed by atoms with E-state index in [4.69, 9.17) is 5.73 Å². The number of rotatable bonds is 5. The van der Waals surface area contributed by atoms with Crippen molar-refractivity contribution in [3.8, 4) is 0 Å². The van der Waals surface area contributed by atoms with Crippen molar-refractivity contribution in [1.29, 1.82) is 0 Å². The summed E-state index contributed by atoms with van der Waals surface area (Å²) < 4.78 is 38.7. The minimum absolute atomic E-state index is 0.0184. The van der Waals surface area contributed by atoms with Crippen molar-refractivity contribution in [2.75, 3.05) is 18.1 Å². The number of benzene rings is 1. The summed E-state index contributed by atoms with van der Waals surface area (Å²) in [4.78, 5) is 2.01. The smallest absolute Gasteiger partial charge is 0.395 e. The second-order valence-electron chi connectivity index (χ2n) is 5.40. The zero-order valence-corrected chi connectivity index (χ0v) is 11.9. The molecule has 1 aliphatic carbocycles. The van der Waals surface area contributed by atoms with Crippen LogP contribution in [0.15, 0.2) is 18.2 Å². The van der Waals surface area contributed by atoms with Gasteiger partial charge in [0.1, 0.15) is 0 Å². The number of nitrogens with zero attached hydrogens (tertiary/aromatic N) is 1. The molecule has 0 spiro atoms. The lowest BCUT2D eigenvalue weighted by atomic mass is 10.0. The maximum absolute atomic E-state index is 12.9. The summed E-state index contributed by atoms with van der Waals surface area (Å²) in [5, 5.41) is 9.22. The lowest BCUT2D eigenvalue weighted by molar-refractivity contribution is -0.138. The quantitative estimate of drug-likeness (QED) is 0.879. The molecule has 1 saturated carbocycles. The van der Waals surface area contributed by atoms with Gasteiger partial charge in [-0.1, -0.05) is 12.8 Å². The Morgan fingerprint density at radius 2 is 1.90 bits per heavy atom. The Bertz CT molecular complexity index is 470. The topological polar surface area (TPSA) is 49.5 Å². The highest BCUT2D eigenvalue weighted by atomic mass is 19.4. The number of alkyl halides is 3. The number of aliphatic hydroxyl groups excluding tert-OH is 1. The van der Waals surface area contributed by atoms with Gasteiger partial charge in [0.2, 0.25) is 0 Å². The summed E-state index contributed by atoms with van der Waals surface area (Å²) in [5.74, 6) is 0. The highest BCUT2D eigenvalue weighted by Gasteiger charge is 2.33. The Labute approximate surface area is 122 Å². The third kappa shape index (κ3) is 3.68. The maximum Gasteiger partial charge on any atom is 0.416 e. The van der Waals surface area contributed by atoms with Crippen LogP contribution in [0.2, 0.25) is 0 Å². The molecule has 2 rings (SSSR count). The Kier molecular flexibility index (Phi) is 5.11. The highest BCUT2D eigenvalue weighted by molar-refractivity contribution is 5.52. The average molecular weight is 302 g/mol. The minimum Gasteiger partial charge on any atom is -0.395 e. The summed E-state index contributed by atoms with van der Waals surface area (Å²) >= 11 is 0. The van der Waals surface area contributed by atoms with Crippen molar-refractivity contribution in [2.24, 2.45) is 5.73 Å². The van der Waals surface area contributed by atoms with E-state index in [1.165, 1.54) is 12.1 Å². The molecule has 3 nitrogen and oxygen atoms in total. The van der Waals surface area contributed by atoms with E-state index in [9.17, 15) is 18.3 Å². The molecule has 0 aromatic heterocycles. The monoisotopic (exact) mass is 302 g/mol. The molecule has 0 bridgehead atoms.